The fourth-order valence-corrected chi connectivity index (χ4v) is 3.48. The van der Waals surface area contributed by atoms with Gasteiger partial charge in [0.25, 0.3) is 0 Å². The summed E-state index contributed by atoms with van der Waals surface area (Å²) in [5.41, 5.74) is 2.37. The van der Waals surface area contributed by atoms with Gasteiger partial charge in [0, 0.05) is 11.1 Å². The number of carbonyl (C=O) groups excluding carboxylic acids is 1. The quantitative estimate of drug-likeness (QED) is 0.245. The minimum atomic E-state index is -0.0892. The molecule has 0 saturated heterocycles. The molecule has 0 aromatic heterocycles. The lowest BCUT2D eigenvalue weighted by Crippen LogP contribution is -1.99. The van der Waals surface area contributed by atoms with Crippen LogP contribution in [0.5, 0.6) is 17.2 Å². The summed E-state index contributed by atoms with van der Waals surface area (Å²) >= 11 is 0. The summed E-state index contributed by atoms with van der Waals surface area (Å²) in [4.78, 5) is 12.5. The molecule has 0 N–H and O–H groups in total. The molecule has 0 unspecified atom stereocenters. The smallest absolute Gasteiger partial charge is 0.185 e. The summed E-state index contributed by atoms with van der Waals surface area (Å²) in [7, 11) is 3.22. The second-order valence-corrected chi connectivity index (χ2v) is 7.30. The summed E-state index contributed by atoms with van der Waals surface area (Å²) in [6.45, 7) is 0.354. The lowest BCUT2D eigenvalue weighted by atomic mass is 10.1. The normalized spacial score (nSPS) is 10.9. The molecule has 4 nitrogen and oxygen atoms in total. The van der Waals surface area contributed by atoms with Crippen molar-refractivity contribution in [3.8, 4) is 17.2 Å². The van der Waals surface area contributed by atoms with E-state index in [-0.39, 0.29) is 5.78 Å². The predicted molar refractivity (Wildman–Crippen MR) is 128 cm³/mol. The van der Waals surface area contributed by atoms with Gasteiger partial charge < -0.3 is 14.2 Å². The van der Waals surface area contributed by atoms with Crippen LogP contribution in [0.15, 0.2) is 91.0 Å². The van der Waals surface area contributed by atoms with Gasteiger partial charge in [-0.2, -0.15) is 0 Å². The molecule has 0 aliphatic heterocycles. The lowest BCUT2D eigenvalue weighted by Gasteiger charge is -2.12. The van der Waals surface area contributed by atoms with Gasteiger partial charge >= 0.3 is 0 Å². The number of carbonyl (C=O) groups is 1. The number of fused-ring (bicyclic) bond motifs is 1. The fourth-order valence-electron chi connectivity index (χ4n) is 3.48. The van der Waals surface area contributed by atoms with E-state index in [4.69, 9.17) is 14.2 Å². The van der Waals surface area contributed by atoms with Gasteiger partial charge in [0.2, 0.25) is 0 Å². The zero-order valence-corrected chi connectivity index (χ0v) is 18.1. The lowest BCUT2D eigenvalue weighted by molar-refractivity contribution is 0.104. The zero-order valence-electron chi connectivity index (χ0n) is 18.1. The molecule has 0 aliphatic carbocycles. The zero-order chi connectivity index (χ0) is 22.3. The minimum Gasteiger partial charge on any atom is -0.497 e. The molecule has 0 bridgehead atoms. The molecule has 4 aromatic rings. The Balaban J connectivity index is 1.50. The Morgan fingerprint density at radius 2 is 1.62 bits per heavy atom. The Kier molecular flexibility index (Phi) is 6.52. The summed E-state index contributed by atoms with van der Waals surface area (Å²) < 4.78 is 16.7. The van der Waals surface area contributed by atoms with E-state index in [0.717, 1.165) is 28.0 Å². The highest BCUT2D eigenvalue weighted by Crippen LogP contribution is 2.25. The van der Waals surface area contributed by atoms with E-state index in [9.17, 15) is 4.79 Å². The van der Waals surface area contributed by atoms with Crippen molar-refractivity contribution >= 4 is 22.6 Å². The molecule has 0 saturated carbocycles. The van der Waals surface area contributed by atoms with Crippen LogP contribution < -0.4 is 14.2 Å². The number of ether oxygens (including phenoxy) is 3. The number of hydrogen-bond acceptors (Lipinski definition) is 4. The monoisotopic (exact) mass is 424 g/mol. The molecule has 4 aromatic carbocycles. The van der Waals surface area contributed by atoms with Crippen LogP contribution in [0, 0.1) is 0 Å². The maximum Gasteiger partial charge on any atom is 0.185 e. The summed E-state index contributed by atoms with van der Waals surface area (Å²) in [6, 6.07) is 27.1. The van der Waals surface area contributed by atoms with Crippen LogP contribution >= 0.6 is 0 Å². The van der Waals surface area contributed by atoms with Crippen LogP contribution in [0.1, 0.15) is 21.5 Å². The standard InChI is InChI=1S/C28H24O4/c1-30-25-9-5-8-23(18-25)27(29)14-10-20-11-15-28(31-2)24(16-20)19-32-26-13-12-21-6-3-4-7-22(21)17-26/h3-18H,19H2,1-2H3/b14-10+. The molecule has 0 aliphatic rings. The highest BCUT2D eigenvalue weighted by atomic mass is 16.5. The number of ketones is 1. The largest absolute Gasteiger partial charge is 0.497 e. The summed E-state index contributed by atoms with van der Waals surface area (Å²) in [5.74, 6) is 2.09. The minimum absolute atomic E-state index is 0.0892. The Bertz CT molecular complexity index is 1270. The van der Waals surface area contributed by atoms with Gasteiger partial charge in [-0.1, -0.05) is 54.6 Å². The molecule has 0 radical (unpaired) electrons. The van der Waals surface area contributed by atoms with Gasteiger partial charge in [-0.25, -0.2) is 0 Å². The van der Waals surface area contributed by atoms with E-state index in [0.29, 0.717) is 17.9 Å². The van der Waals surface area contributed by atoms with Gasteiger partial charge in [-0.15, -0.1) is 0 Å². The molecule has 0 fully saturated rings. The maximum atomic E-state index is 12.5. The number of methoxy groups -OCH3 is 2. The highest BCUT2D eigenvalue weighted by molar-refractivity contribution is 6.07. The van der Waals surface area contributed by atoms with Gasteiger partial charge in [0.1, 0.15) is 23.9 Å². The molecule has 0 atom stereocenters. The first-order chi connectivity index (χ1) is 15.7. The second kappa shape index (κ2) is 9.84. The van der Waals surface area contributed by atoms with Crippen LogP contribution in [-0.4, -0.2) is 20.0 Å². The van der Waals surface area contributed by atoms with E-state index in [1.54, 1.807) is 44.6 Å². The number of allylic oxidation sites excluding steroid dienone is 1. The van der Waals surface area contributed by atoms with Crippen LogP contribution in [0.4, 0.5) is 0 Å². The van der Waals surface area contributed by atoms with Gasteiger partial charge in [-0.05, 0) is 58.8 Å². The van der Waals surface area contributed by atoms with Crippen molar-refractivity contribution in [3.05, 3.63) is 108 Å². The summed E-state index contributed by atoms with van der Waals surface area (Å²) in [6.07, 6.45) is 3.35. The first-order valence-corrected chi connectivity index (χ1v) is 10.3. The SMILES string of the molecule is COc1cccc(C(=O)/C=C/c2ccc(OC)c(COc3ccc4ccccc4c3)c2)c1. The average Bonchev–Trinajstić information content (AvgIpc) is 2.85. The summed E-state index contributed by atoms with van der Waals surface area (Å²) in [5, 5.41) is 2.30. The van der Waals surface area contributed by atoms with Crippen molar-refractivity contribution in [1.29, 1.82) is 0 Å². The Morgan fingerprint density at radius 3 is 2.44 bits per heavy atom. The molecule has 4 rings (SSSR count). The molecule has 0 heterocycles. The maximum absolute atomic E-state index is 12.5. The molecule has 0 amide bonds. The van der Waals surface area contributed by atoms with Crippen molar-refractivity contribution in [3.63, 3.8) is 0 Å². The van der Waals surface area contributed by atoms with Gasteiger partial charge in [-0.3, -0.25) is 4.79 Å². The van der Waals surface area contributed by atoms with Crippen LogP contribution in [0.3, 0.4) is 0 Å². The molecule has 32 heavy (non-hydrogen) atoms. The van der Waals surface area contributed by atoms with Gasteiger partial charge in [0.05, 0.1) is 14.2 Å². The van der Waals surface area contributed by atoms with Crippen molar-refractivity contribution in [1.82, 2.24) is 0 Å². The molecular weight excluding hydrogens is 400 g/mol. The fraction of sp³-hybridized carbons (Fsp3) is 0.107. The first-order valence-electron chi connectivity index (χ1n) is 10.3. The van der Waals surface area contributed by atoms with Crippen LogP contribution in [0.2, 0.25) is 0 Å². The average molecular weight is 424 g/mol. The first kappa shape index (κ1) is 21.2. The van der Waals surface area contributed by atoms with Crippen LogP contribution in [0.25, 0.3) is 16.8 Å². The van der Waals surface area contributed by atoms with Crippen molar-refractivity contribution in [2.24, 2.45) is 0 Å². The number of benzene rings is 4. The third kappa shape index (κ3) is 4.98. The molecule has 4 heteroatoms. The second-order valence-electron chi connectivity index (χ2n) is 7.30. The number of rotatable bonds is 8. The molecule has 160 valence electrons. The van der Waals surface area contributed by atoms with Crippen molar-refractivity contribution in [2.75, 3.05) is 14.2 Å². The third-order valence-corrected chi connectivity index (χ3v) is 5.20. The van der Waals surface area contributed by atoms with E-state index in [1.807, 2.05) is 54.6 Å². The highest BCUT2D eigenvalue weighted by Gasteiger charge is 2.07. The van der Waals surface area contributed by atoms with E-state index >= 15 is 0 Å². The number of hydrogen-bond donors (Lipinski definition) is 0. The molecular formula is C28H24O4. The van der Waals surface area contributed by atoms with Gasteiger partial charge in [0.15, 0.2) is 5.78 Å². The Hall–Kier alpha value is -4.05. The van der Waals surface area contributed by atoms with Crippen molar-refractivity contribution < 1.29 is 19.0 Å². The molecule has 0 spiro atoms. The van der Waals surface area contributed by atoms with Crippen molar-refractivity contribution in [2.45, 2.75) is 6.61 Å². The van der Waals surface area contributed by atoms with E-state index in [2.05, 4.69) is 12.1 Å². The Morgan fingerprint density at radius 1 is 0.781 bits per heavy atom. The topological polar surface area (TPSA) is 44.8 Å². The Labute approximate surface area is 187 Å². The third-order valence-electron chi connectivity index (χ3n) is 5.20. The van der Waals surface area contributed by atoms with Crippen LogP contribution in [-0.2, 0) is 6.61 Å². The van der Waals surface area contributed by atoms with E-state index in [1.165, 1.54) is 5.39 Å². The van der Waals surface area contributed by atoms with E-state index < -0.39 is 0 Å². The predicted octanol–water partition coefficient (Wildman–Crippen LogP) is 6.33.